The maximum absolute atomic E-state index is 12.6. The minimum Gasteiger partial charge on any atom is -0.451 e. The molecule has 3 aromatic heterocycles. The summed E-state index contributed by atoms with van der Waals surface area (Å²) in [5.41, 5.74) is 4.50. The Bertz CT molecular complexity index is 1080. The highest BCUT2D eigenvalue weighted by Crippen LogP contribution is 2.27. The predicted octanol–water partition coefficient (Wildman–Crippen LogP) is 4.34. The van der Waals surface area contributed by atoms with Crippen molar-refractivity contribution in [2.75, 3.05) is 5.32 Å². The molecule has 0 aliphatic rings. The number of carbonyl (C=O) groups excluding carboxylic acids is 1. The predicted molar refractivity (Wildman–Crippen MR) is 100 cm³/mol. The Morgan fingerprint density at radius 3 is 2.77 bits per heavy atom. The van der Waals surface area contributed by atoms with Crippen LogP contribution in [0.15, 0.2) is 53.2 Å². The van der Waals surface area contributed by atoms with E-state index in [1.165, 1.54) is 5.56 Å². The van der Waals surface area contributed by atoms with Gasteiger partial charge >= 0.3 is 0 Å². The lowest BCUT2D eigenvalue weighted by Gasteiger charge is -1.99. The lowest BCUT2D eigenvalue weighted by Crippen LogP contribution is -2.12. The van der Waals surface area contributed by atoms with Gasteiger partial charge in [0, 0.05) is 35.0 Å². The lowest BCUT2D eigenvalue weighted by atomic mass is 10.1. The minimum absolute atomic E-state index is 0.307. The van der Waals surface area contributed by atoms with Gasteiger partial charge in [-0.05, 0) is 43.2 Å². The molecule has 0 aliphatic heterocycles. The molecule has 0 saturated carbocycles. The van der Waals surface area contributed by atoms with Crippen LogP contribution in [0.4, 0.5) is 5.82 Å². The summed E-state index contributed by atoms with van der Waals surface area (Å²) >= 11 is 0. The lowest BCUT2D eigenvalue weighted by molar-refractivity contribution is 0.0997. The molecule has 0 radical (unpaired) electrons. The van der Waals surface area contributed by atoms with E-state index in [2.05, 4.69) is 33.5 Å². The molecule has 6 heteroatoms. The Labute approximate surface area is 150 Å². The summed E-state index contributed by atoms with van der Waals surface area (Å²) in [7, 11) is 0. The van der Waals surface area contributed by atoms with Crippen LogP contribution < -0.4 is 5.32 Å². The topological polar surface area (TPSA) is 83.8 Å². The second kappa shape index (κ2) is 6.48. The number of aromatic amines is 1. The standard InChI is InChI=1S/C20H18N4O2/c1-3-13-4-5-17-15(10-13)12(2)19(26-17)20(25)22-18-11-16(23-24-18)14-6-8-21-9-7-14/h4-11H,3H2,1-2H3,(H2,22,23,24,25). The Hall–Kier alpha value is -3.41. The molecule has 0 bridgehead atoms. The van der Waals surface area contributed by atoms with Gasteiger partial charge < -0.3 is 9.73 Å². The number of anilines is 1. The molecule has 130 valence electrons. The maximum atomic E-state index is 12.6. The molecule has 0 saturated heterocycles. The number of amides is 1. The van der Waals surface area contributed by atoms with Gasteiger partial charge in [-0.25, -0.2) is 0 Å². The monoisotopic (exact) mass is 346 g/mol. The second-order valence-corrected chi connectivity index (χ2v) is 6.10. The SMILES string of the molecule is CCc1ccc2oc(C(=O)Nc3cc(-c4ccncc4)[nH]n3)c(C)c2c1. The van der Waals surface area contributed by atoms with Crippen molar-refractivity contribution in [3.8, 4) is 11.3 Å². The molecule has 2 N–H and O–H groups in total. The minimum atomic E-state index is -0.315. The van der Waals surface area contributed by atoms with Crippen LogP contribution in [0.3, 0.4) is 0 Å². The molecule has 3 heterocycles. The number of hydrogen-bond donors (Lipinski definition) is 2. The number of carbonyl (C=O) groups is 1. The first kappa shape index (κ1) is 16.1. The van der Waals surface area contributed by atoms with Gasteiger partial charge in [-0.3, -0.25) is 14.9 Å². The molecule has 1 amide bonds. The fourth-order valence-corrected chi connectivity index (χ4v) is 2.94. The van der Waals surface area contributed by atoms with E-state index in [1.54, 1.807) is 18.5 Å². The molecule has 6 nitrogen and oxygen atoms in total. The van der Waals surface area contributed by atoms with E-state index in [1.807, 2.05) is 31.2 Å². The number of aryl methyl sites for hydroxylation is 2. The zero-order chi connectivity index (χ0) is 18.1. The van der Waals surface area contributed by atoms with E-state index in [0.29, 0.717) is 17.2 Å². The fraction of sp³-hybridized carbons (Fsp3) is 0.150. The Morgan fingerprint density at radius 1 is 1.19 bits per heavy atom. The van der Waals surface area contributed by atoms with Crippen LogP contribution in [-0.4, -0.2) is 21.1 Å². The summed E-state index contributed by atoms with van der Waals surface area (Å²) in [5, 5.41) is 10.8. The second-order valence-electron chi connectivity index (χ2n) is 6.10. The van der Waals surface area contributed by atoms with E-state index in [0.717, 1.165) is 28.6 Å². The number of furan rings is 1. The summed E-state index contributed by atoms with van der Waals surface area (Å²) in [6, 6.07) is 11.5. The van der Waals surface area contributed by atoms with Crippen molar-refractivity contribution >= 4 is 22.7 Å². The van der Waals surface area contributed by atoms with Gasteiger partial charge in [0.05, 0.1) is 5.69 Å². The van der Waals surface area contributed by atoms with Gasteiger partial charge in [0.15, 0.2) is 11.6 Å². The number of benzene rings is 1. The zero-order valence-electron chi connectivity index (χ0n) is 14.5. The number of nitrogens with one attached hydrogen (secondary N) is 2. The average molecular weight is 346 g/mol. The van der Waals surface area contributed by atoms with Gasteiger partial charge in [0.1, 0.15) is 5.58 Å². The number of pyridine rings is 1. The normalized spacial score (nSPS) is 11.0. The van der Waals surface area contributed by atoms with Crippen molar-refractivity contribution in [1.82, 2.24) is 15.2 Å². The van der Waals surface area contributed by atoms with Crippen molar-refractivity contribution in [2.24, 2.45) is 0 Å². The summed E-state index contributed by atoms with van der Waals surface area (Å²) < 4.78 is 5.77. The fourth-order valence-electron chi connectivity index (χ4n) is 2.94. The van der Waals surface area contributed by atoms with Crippen molar-refractivity contribution < 1.29 is 9.21 Å². The van der Waals surface area contributed by atoms with Crippen LogP contribution >= 0.6 is 0 Å². The molecule has 0 fully saturated rings. The molecular weight excluding hydrogens is 328 g/mol. The van der Waals surface area contributed by atoms with Gasteiger partial charge in [0.2, 0.25) is 0 Å². The van der Waals surface area contributed by atoms with Gasteiger partial charge in [-0.15, -0.1) is 0 Å². The highest BCUT2D eigenvalue weighted by atomic mass is 16.3. The third kappa shape index (κ3) is 2.86. The van der Waals surface area contributed by atoms with Gasteiger partial charge in [-0.2, -0.15) is 5.10 Å². The summed E-state index contributed by atoms with van der Waals surface area (Å²) in [6.07, 6.45) is 4.35. The summed E-state index contributed by atoms with van der Waals surface area (Å²) in [6.45, 7) is 4.00. The first-order chi connectivity index (χ1) is 12.7. The number of nitrogens with zero attached hydrogens (tertiary/aromatic N) is 2. The summed E-state index contributed by atoms with van der Waals surface area (Å²) in [5.74, 6) is 0.433. The third-order valence-electron chi connectivity index (χ3n) is 4.43. The highest BCUT2D eigenvalue weighted by molar-refractivity contribution is 6.06. The number of aromatic nitrogens is 3. The molecule has 4 rings (SSSR count). The number of rotatable bonds is 4. The Morgan fingerprint density at radius 2 is 2.00 bits per heavy atom. The van der Waals surface area contributed by atoms with Crippen molar-refractivity contribution in [2.45, 2.75) is 20.3 Å². The molecule has 0 spiro atoms. The molecule has 0 atom stereocenters. The van der Waals surface area contributed by atoms with Crippen molar-refractivity contribution in [1.29, 1.82) is 0 Å². The van der Waals surface area contributed by atoms with Crippen LogP contribution in [0.25, 0.3) is 22.2 Å². The maximum Gasteiger partial charge on any atom is 0.292 e. The first-order valence-electron chi connectivity index (χ1n) is 8.45. The third-order valence-corrected chi connectivity index (χ3v) is 4.43. The largest absolute Gasteiger partial charge is 0.451 e. The molecular formula is C20H18N4O2. The van der Waals surface area contributed by atoms with E-state index in [9.17, 15) is 4.79 Å². The van der Waals surface area contributed by atoms with Gasteiger partial charge in [0.25, 0.3) is 5.91 Å². The quantitative estimate of drug-likeness (QED) is 0.576. The van der Waals surface area contributed by atoms with E-state index < -0.39 is 0 Å². The van der Waals surface area contributed by atoms with E-state index >= 15 is 0 Å². The molecule has 0 unspecified atom stereocenters. The van der Waals surface area contributed by atoms with Crippen LogP contribution in [0, 0.1) is 6.92 Å². The van der Waals surface area contributed by atoms with Crippen LogP contribution in [0.1, 0.15) is 28.6 Å². The van der Waals surface area contributed by atoms with Crippen molar-refractivity contribution in [3.63, 3.8) is 0 Å². The average Bonchev–Trinajstić information content (AvgIpc) is 3.27. The Kier molecular flexibility index (Phi) is 4.01. The first-order valence-corrected chi connectivity index (χ1v) is 8.45. The molecule has 4 aromatic rings. The van der Waals surface area contributed by atoms with Crippen LogP contribution in [-0.2, 0) is 6.42 Å². The number of H-pyrrole nitrogens is 1. The van der Waals surface area contributed by atoms with Crippen LogP contribution in [0.5, 0.6) is 0 Å². The number of hydrogen-bond acceptors (Lipinski definition) is 4. The van der Waals surface area contributed by atoms with E-state index in [-0.39, 0.29) is 5.91 Å². The van der Waals surface area contributed by atoms with Gasteiger partial charge in [-0.1, -0.05) is 13.0 Å². The smallest absolute Gasteiger partial charge is 0.292 e. The highest BCUT2D eigenvalue weighted by Gasteiger charge is 2.19. The summed E-state index contributed by atoms with van der Waals surface area (Å²) in [4.78, 5) is 16.6. The zero-order valence-corrected chi connectivity index (χ0v) is 14.5. The van der Waals surface area contributed by atoms with E-state index in [4.69, 9.17) is 4.42 Å². The van der Waals surface area contributed by atoms with Crippen molar-refractivity contribution in [3.05, 3.63) is 65.7 Å². The molecule has 0 aliphatic carbocycles. The molecule has 26 heavy (non-hydrogen) atoms. The van der Waals surface area contributed by atoms with Crippen LogP contribution in [0.2, 0.25) is 0 Å². The number of fused-ring (bicyclic) bond motifs is 1. The Balaban J connectivity index is 1.60. The molecule has 1 aromatic carbocycles.